The Morgan fingerprint density at radius 3 is 2.05 bits per heavy atom. The van der Waals surface area contributed by atoms with E-state index in [9.17, 15) is 4.79 Å². The van der Waals surface area contributed by atoms with Gasteiger partial charge in [0.1, 0.15) is 11.5 Å². The topological polar surface area (TPSA) is 35.5 Å². The first-order valence-electron chi connectivity index (χ1n) is 17.3. The maximum Gasteiger partial charge on any atom is 0.343 e. The summed E-state index contributed by atoms with van der Waals surface area (Å²) < 4.78 is 11.6. The molecular formula is C39H58O3. The van der Waals surface area contributed by atoms with Crippen molar-refractivity contribution in [2.45, 2.75) is 135 Å². The summed E-state index contributed by atoms with van der Waals surface area (Å²) in [7, 11) is 0. The zero-order valence-electron chi connectivity index (χ0n) is 26.8. The molecule has 1 atom stereocenters. The maximum absolute atomic E-state index is 12.7. The lowest BCUT2D eigenvalue weighted by Gasteiger charge is -2.32. The maximum atomic E-state index is 12.7. The molecular weight excluding hydrogens is 516 g/mol. The molecule has 1 aliphatic rings. The van der Waals surface area contributed by atoms with Gasteiger partial charge in [0.2, 0.25) is 0 Å². The molecule has 0 amide bonds. The lowest BCUT2D eigenvalue weighted by molar-refractivity contribution is 0.0734. The van der Waals surface area contributed by atoms with Gasteiger partial charge in [0.05, 0.1) is 12.2 Å². The molecule has 42 heavy (non-hydrogen) atoms. The molecule has 0 saturated heterocycles. The third kappa shape index (κ3) is 12.8. The van der Waals surface area contributed by atoms with Crippen molar-refractivity contribution in [2.75, 3.05) is 6.61 Å². The number of rotatable bonds is 21. The first-order chi connectivity index (χ1) is 20.6. The molecule has 1 aliphatic carbocycles. The van der Waals surface area contributed by atoms with Gasteiger partial charge in [-0.05, 0) is 91.8 Å². The number of carbonyl (C=O) groups is 1. The summed E-state index contributed by atoms with van der Waals surface area (Å²) >= 11 is 0. The van der Waals surface area contributed by atoms with Gasteiger partial charge in [-0.1, -0.05) is 116 Å². The Morgan fingerprint density at radius 2 is 1.38 bits per heavy atom. The summed E-state index contributed by atoms with van der Waals surface area (Å²) in [6, 6.07) is 15.5. The summed E-state index contributed by atoms with van der Waals surface area (Å²) in [5.41, 5.74) is 1.89. The number of carbonyl (C=O) groups excluding carboxylic acids is 1. The van der Waals surface area contributed by atoms with Crippen LogP contribution in [0.2, 0.25) is 0 Å². The Kier molecular flexibility index (Phi) is 16.5. The Morgan fingerprint density at radius 1 is 0.786 bits per heavy atom. The van der Waals surface area contributed by atoms with Crippen molar-refractivity contribution in [2.24, 2.45) is 11.8 Å². The molecule has 3 rings (SSSR count). The SMILES string of the molecule is C=CCCCCCCCCCOc1ccc(C(=O)Oc2ccc(C(C)C3CCC(CCCCCCC)CC3)cc2)cc1. The quantitative estimate of drug-likeness (QED) is 0.0644. The van der Waals surface area contributed by atoms with E-state index < -0.39 is 0 Å². The highest BCUT2D eigenvalue weighted by Crippen LogP contribution is 2.40. The van der Waals surface area contributed by atoms with E-state index >= 15 is 0 Å². The minimum absolute atomic E-state index is 0.330. The summed E-state index contributed by atoms with van der Waals surface area (Å²) in [6.07, 6.45) is 25.7. The number of ether oxygens (including phenoxy) is 2. The summed E-state index contributed by atoms with van der Waals surface area (Å²) in [6.45, 7) is 9.15. The van der Waals surface area contributed by atoms with E-state index in [4.69, 9.17) is 9.47 Å². The van der Waals surface area contributed by atoms with Crippen LogP contribution in [-0.4, -0.2) is 12.6 Å². The highest BCUT2D eigenvalue weighted by Gasteiger charge is 2.26. The van der Waals surface area contributed by atoms with Crippen molar-refractivity contribution in [1.82, 2.24) is 0 Å². The average Bonchev–Trinajstić information content (AvgIpc) is 3.02. The van der Waals surface area contributed by atoms with Crippen LogP contribution in [0, 0.1) is 11.8 Å². The van der Waals surface area contributed by atoms with Crippen molar-refractivity contribution in [3.63, 3.8) is 0 Å². The number of allylic oxidation sites excluding steroid dienone is 1. The predicted octanol–water partition coefficient (Wildman–Crippen LogP) is 11.9. The van der Waals surface area contributed by atoms with Crippen LogP contribution >= 0.6 is 0 Å². The van der Waals surface area contributed by atoms with Crippen molar-refractivity contribution >= 4 is 5.97 Å². The number of benzene rings is 2. The van der Waals surface area contributed by atoms with E-state index in [1.54, 1.807) is 12.1 Å². The largest absolute Gasteiger partial charge is 0.494 e. The Labute approximate surface area is 257 Å². The number of hydrogen-bond donors (Lipinski definition) is 0. The van der Waals surface area contributed by atoms with E-state index in [0.717, 1.165) is 30.4 Å². The third-order valence-corrected chi connectivity index (χ3v) is 9.34. The van der Waals surface area contributed by atoms with Gasteiger partial charge in [-0.25, -0.2) is 4.79 Å². The molecule has 0 aliphatic heterocycles. The van der Waals surface area contributed by atoms with Crippen LogP contribution in [0.25, 0.3) is 0 Å². The fourth-order valence-corrected chi connectivity index (χ4v) is 6.44. The van der Waals surface area contributed by atoms with Crippen LogP contribution < -0.4 is 9.47 Å². The summed E-state index contributed by atoms with van der Waals surface area (Å²) in [4.78, 5) is 12.7. The van der Waals surface area contributed by atoms with Gasteiger partial charge in [0.15, 0.2) is 0 Å². The van der Waals surface area contributed by atoms with E-state index in [1.165, 1.54) is 108 Å². The first kappa shape index (κ1) is 33.9. The first-order valence-corrected chi connectivity index (χ1v) is 17.3. The minimum Gasteiger partial charge on any atom is -0.494 e. The van der Waals surface area contributed by atoms with Crippen LogP contribution in [-0.2, 0) is 0 Å². The Hall–Kier alpha value is -2.55. The molecule has 0 bridgehead atoms. The molecule has 0 aromatic heterocycles. The molecule has 0 radical (unpaired) electrons. The lowest BCUT2D eigenvalue weighted by atomic mass is 9.73. The third-order valence-electron chi connectivity index (χ3n) is 9.34. The summed E-state index contributed by atoms with van der Waals surface area (Å²) in [5, 5.41) is 0. The normalized spacial score (nSPS) is 17.5. The number of esters is 1. The van der Waals surface area contributed by atoms with Gasteiger partial charge in [-0.15, -0.1) is 6.58 Å². The van der Waals surface area contributed by atoms with Crippen molar-refractivity contribution in [3.05, 3.63) is 72.3 Å². The molecule has 3 heteroatoms. The Bertz CT molecular complexity index is 985. The van der Waals surface area contributed by atoms with E-state index in [0.29, 0.717) is 23.8 Å². The fourth-order valence-electron chi connectivity index (χ4n) is 6.44. The van der Waals surface area contributed by atoms with Gasteiger partial charge in [0, 0.05) is 0 Å². The number of hydrogen-bond acceptors (Lipinski definition) is 3. The lowest BCUT2D eigenvalue weighted by Crippen LogP contribution is -2.19. The molecule has 2 aromatic rings. The molecule has 1 fully saturated rings. The second-order valence-electron chi connectivity index (χ2n) is 12.7. The predicted molar refractivity (Wildman–Crippen MR) is 178 cm³/mol. The van der Waals surface area contributed by atoms with Crippen molar-refractivity contribution in [3.8, 4) is 11.5 Å². The fraction of sp³-hybridized carbons (Fsp3) is 0.615. The molecule has 1 saturated carbocycles. The molecule has 2 aromatic carbocycles. The number of unbranched alkanes of at least 4 members (excludes halogenated alkanes) is 11. The van der Waals surface area contributed by atoms with Gasteiger partial charge in [0.25, 0.3) is 0 Å². The van der Waals surface area contributed by atoms with Gasteiger partial charge in [-0.2, -0.15) is 0 Å². The van der Waals surface area contributed by atoms with E-state index in [1.807, 2.05) is 30.3 Å². The van der Waals surface area contributed by atoms with Gasteiger partial charge >= 0.3 is 5.97 Å². The Balaban J connectivity index is 1.32. The molecule has 0 N–H and O–H groups in total. The second kappa shape index (κ2) is 20.4. The van der Waals surface area contributed by atoms with E-state index in [2.05, 4.69) is 32.6 Å². The minimum atomic E-state index is -0.330. The molecule has 1 unspecified atom stereocenters. The van der Waals surface area contributed by atoms with Crippen LogP contribution in [0.5, 0.6) is 11.5 Å². The van der Waals surface area contributed by atoms with Gasteiger partial charge < -0.3 is 9.47 Å². The smallest absolute Gasteiger partial charge is 0.343 e. The summed E-state index contributed by atoms with van der Waals surface area (Å²) in [5.74, 6) is 3.31. The zero-order chi connectivity index (χ0) is 29.8. The average molecular weight is 575 g/mol. The van der Waals surface area contributed by atoms with Crippen LogP contribution in [0.1, 0.15) is 151 Å². The zero-order valence-corrected chi connectivity index (χ0v) is 26.8. The standard InChI is InChI=1S/C39H58O3/c1-4-6-8-10-11-12-13-15-17-31-41-37-27-25-36(26-28-37)39(40)42-38-29-23-35(24-30-38)32(3)34-21-19-33(20-22-34)18-16-14-9-7-5-2/h4,23-30,32-34H,1,5-22,31H2,2-3H3. The van der Waals surface area contributed by atoms with Crippen LogP contribution in [0.15, 0.2) is 61.2 Å². The van der Waals surface area contributed by atoms with Crippen molar-refractivity contribution in [1.29, 1.82) is 0 Å². The molecule has 0 heterocycles. The molecule has 232 valence electrons. The highest BCUT2D eigenvalue weighted by atomic mass is 16.5. The van der Waals surface area contributed by atoms with E-state index in [-0.39, 0.29) is 5.97 Å². The monoisotopic (exact) mass is 574 g/mol. The van der Waals surface area contributed by atoms with Crippen LogP contribution in [0.3, 0.4) is 0 Å². The molecule has 3 nitrogen and oxygen atoms in total. The van der Waals surface area contributed by atoms with Gasteiger partial charge in [-0.3, -0.25) is 0 Å². The molecule has 0 spiro atoms. The highest BCUT2D eigenvalue weighted by molar-refractivity contribution is 5.91. The second-order valence-corrected chi connectivity index (χ2v) is 12.7. The van der Waals surface area contributed by atoms with Crippen molar-refractivity contribution < 1.29 is 14.3 Å². The van der Waals surface area contributed by atoms with Crippen LogP contribution in [0.4, 0.5) is 0 Å².